The number of hydrogen-bond acceptors (Lipinski definition) is 0. The molecule has 0 amide bonds. The molecule has 0 saturated carbocycles. The third kappa shape index (κ3) is 5.01. The lowest BCUT2D eigenvalue weighted by molar-refractivity contribution is 0.632. The number of unbranched alkanes of at least 4 members (excludes halogenated alkanes) is 4. The SMILES string of the molecule is [CH2]Cc1ccc(CCCCCCC)cc1. The van der Waals surface area contributed by atoms with Crippen LogP contribution in [0.15, 0.2) is 24.3 Å². The molecule has 15 heavy (non-hydrogen) atoms. The molecule has 0 aromatic heterocycles. The minimum atomic E-state index is 0.900. The fourth-order valence-corrected chi connectivity index (χ4v) is 1.81. The number of rotatable bonds is 7. The molecule has 0 aliphatic heterocycles. The molecule has 1 aromatic carbocycles. The van der Waals surface area contributed by atoms with Crippen LogP contribution in [0.1, 0.15) is 50.2 Å². The Kier molecular flexibility index (Phi) is 6.15. The third-order valence-corrected chi connectivity index (χ3v) is 2.88. The standard InChI is InChI=1S/C15H23/c1-3-5-6-7-8-9-15-12-10-14(4-2)11-13-15/h10-13H,2-9H2,1H3. The summed E-state index contributed by atoms with van der Waals surface area (Å²) in [7, 11) is 0. The molecule has 1 radical (unpaired) electrons. The molecule has 0 aliphatic rings. The predicted molar refractivity (Wildman–Crippen MR) is 68.0 cm³/mol. The smallest absolute Gasteiger partial charge is 0.0279 e. The van der Waals surface area contributed by atoms with Gasteiger partial charge in [0.2, 0.25) is 0 Å². The van der Waals surface area contributed by atoms with Crippen LogP contribution >= 0.6 is 0 Å². The minimum absolute atomic E-state index is 0.900. The molecule has 0 saturated heterocycles. The molecule has 83 valence electrons. The molecule has 0 heteroatoms. The average Bonchev–Trinajstić information content (AvgIpc) is 2.30. The summed E-state index contributed by atoms with van der Waals surface area (Å²) >= 11 is 0. The Morgan fingerprint density at radius 2 is 1.47 bits per heavy atom. The maximum Gasteiger partial charge on any atom is -0.0279 e. The highest BCUT2D eigenvalue weighted by molar-refractivity contribution is 5.22. The molecule has 1 aromatic rings. The van der Waals surface area contributed by atoms with Crippen molar-refractivity contribution in [3.63, 3.8) is 0 Å². The topological polar surface area (TPSA) is 0 Å². The van der Waals surface area contributed by atoms with Crippen molar-refractivity contribution in [2.45, 2.75) is 51.9 Å². The van der Waals surface area contributed by atoms with Crippen molar-refractivity contribution in [3.05, 3.63) is 42.3 Å². The van der Waals surface area contributed by atoms with Crippen LogP contribution < -0.4 is 0 Å². The summed E-state index contributed by atoms with van der Waals surface area (Å²) < 4.78 is 0. The molecular formula is C15H23. The van der Waals surface area contributed by atoms with Gasteiger partial charge >= 0.3 is 0 Å². The highest BCUT2D eigenvalue weighted by atomic mass is 14.0. The first kappa shape index (κ1) is 12.3. The van der Waals surface area contributed by atoms with Gasteiger partial charge in [-0.2, -0.15) is 0 Å². The summed E-state index contributed by atoms with van der Waals surface area (Å²) in [6, 6.07) is 8.91. The van der Waals surface area contributed by atoms with E-state index in [0.717, 1.165) is 6.42 Å². The molecule has 0 nitrogen and oxygen atoms in total. The van der Waals surface area contributed by atoms with Gasteiger partial charge in [-0.25, -0.2) is 0 Å². The first-order valence-corrected chi connectivity index (χ1v) is 6.24. The maximum absolute atomic E-state index is 3.88. The number of aryl methyl sites for hydroxylation is 1. The van der Waals surface area contributed by atoms with Gasteiger partial charge in [0.1, 0.15) is 0 Å². The van der Waals surface area contributed by atoms with E-state index in [2.05, 4.69) is 38.1 Å². The van der Waals surface area contributed by atoms with Gasteiger partial charge in [-0.1, -0.05) is 56.9 Å². The average molecular weight is 203 g/mol. The van der Waals surface area contributed by atoms with Crippen molar-refractivity contribution in [3.8, 4) is 0 Å². The molecule has 0 heterocycles. The van der Waals surface area contributed by atoms with Crippen molar-refractivity contribution >= 4 is 0 Å². The van der Waals surface area contributed by atoms with E-state index in [-0.39, 0.29) is 0 Å². The quantitative estimate of drug-likeness (QED) is 0.569. The van der Waals surface area contributed by atoms with E-state index < -0.39 is 0 Å². The molecule has 1 rings (SSSR count). The van der Waals surface area contributed by atoms with Crippen LogP contribution in [0.5, 0.6) is 0 Å². The van der Waals surface area contributed by atoms with E-state index in [1.807, 2.05) is 0 Å². The number of hydrogen-bond donors (Lipinski definition) is 0. The van der Waals surface area contributed by atoms with Gasteiger partial charge in [-0.05, 0) is 37.3 Å². The van der Waals surface area contributed by atoms with Crippen LogP contribution in [0.25, 0.3) is 0 Å². The molecule has 0 atom stereocenters. The Hall–Kier alpha value is -0.780. The first-order chi connectivity index (χ1) is 7.36. The fourth-order valence-electron chi connectivity index (χ4n) is 1.81. The lowest BCUT2D eigenvalue weighted by Gasteiger charge is -2.02. The van der Waals surface area contributed by atoms with E-state index >= 15 is 0 Å². The molecule has 0 fully saturated rings. The van der Waals surface area contributed by atoms with E-state index in [1.165, 1.54) is 49.7 Å². The summed E-state index contributed by atoms with van der Waals surface area (Å²) in [4.78, 5) is 0. The molecule has 0 unspecified atom stereocenters. The van der Waals surface area contributed by atoms with E-state index in [0.29, 0.717) is 0 Å². The van der Waals surface area contributed by atoms with Crippen LogP contribution in [0, 0.1) is 6.92 Å². The summed E-state index contributed by atoms with van der Waals surface area (Å²) in [5, 5.41) is 0. The van der Waals surface area contributed by atoms with Gasteiger partial charge in [-0.3, -0.25) is 0 Å². The second-order valence-electron chi connectivity index (χ2n) is 4.23. The van der Waals surface area contributed by atoms with Gasteiger partial charge in [0.15, 0.2) is 0 Å². The lowest BCUT2D eigenvalue weighted by atomic mass is 10.0. The van der Waals surface area contributed by atoms with Crippen LogP contribution in [-0.2, 0) is 12.8 Å². The molecule has 0 bridgehead atoms. The summed E-state index contributed by atoms with van der Waals surface area (Å²) in [5.41, 5.74) is 2.81. The molecule has 0 N–H and O–H groups in total. The van der Waals surface area contributed by atoms with Gasteiger partial charge in [0, 0.05) is 0 Å². The zero-order valence-corrected chi connectivity index (χ0v) is 9.97. The van der Waals surface area contributed by atoms with Gasteiger partial charge in [0.05, 0.1) is 0 Å². The predicted octanol–water partition coefficient (Wildman–Crippen LogP) is 4.58. The van der Waals surface area contributed by atoms with Crippen molar-refractivity contribution in [1.82, 2.24) is 0 Å². The number of benzene rings is 1. The highest BCUT2D eigenvalue weighted by Gasteiger charge is 1.94. The summed E-state index contributed by atoms with van der Waals surface area (Å²) in [6.45, 7) is 6.14. The second-order valence-corrected chi connectivity index (χ2v) is 4.23. The second kappa shape index (κ2) is 7.50. The van der Waals surface area contributed by atoms with Crippen molar-refractivity contribution in [2.24, 2.45) is 0 Å². The van der Waals surface area contributed by atoms with Crippen LogP contribution in [0.3, 0.4) is 0 Å². The zero-order chi connectivity index (χ0) is 10.9. The van der Waals surface area contributed by atoms with Crippen molar-refractivity contribution < 1.29 is 0 Å². The Balaban J connectivity index is 2.20. The molecular weight excluding hydrogens is 180 g/mol. The van der Waals surface area contributed by atoms with E-state index in [1.54, 1.807) is 0 Å². The van der Waals surface area contributed by atoms with E-state index in [4.69, 9.17) is 0 Å². The van der Waals surface area contributed by atoms with Gasteiger partial charge in [-0.15, -0.1) is 0 Å². The van der Waals surface area contributed by atoms with Crippen LogP contribution in [0.4, 0.5) is 0 Å². The fraction of sp³-hybridized carbons (Fsp3) is 0.533. The van der Waals surface area contributed by atoms with Crippen molar-refractivity contribution in [1.29, 1.82) is 0 Å². The Morgan fingerprint density at radius 3 is 2.07 bits per heavy atom. The Morgan fingerprint density at radius 1 is 0.867 bits per heavy atom. The first-order valence-electron chi connectivity index (χ1n) is 6.24. The van der Waals surface area contributed by atoms with Crippen molar-refractivity contribution in [2.75, 3.05) is 0 Å². The van der Waals surface area contributed by atoms with Gasteiger partial charge in [0.25, 0.3) is 0 Å². The Labute approximate surface area is 94.7 Å². The summed E-state index contributed by atoms with van der Waals surface area (Å²) in [5.74, 6) is 0. The molecule has 0 spiro atoms. The highest BCUT2D eigenvalue weighted by Crippen LogP contribution is 2.10. The van der Waals surface area contributed by atoms with Crippen LogP contribution in [-0.4, -0.2) is 0 Å². The monoisotopic (exact) mass is 203 g/mol. The largest absolute Gasteiger partial charge is 0.0654 e. The molecule has 0 aliphatic carbocycles. The lowest BCUT2D eigenvalue weighted by Crippen LogP contribution is -1.87. The van der Waals surface area contributed by atoms with Gasteiger partial charge < -0.3 is 0 Å². The minimum Gasteiger partial charge on any atom is -0.0654 e. The normalized spacial score (nSPS) is 10.5. The summed E-state index contributed by atoms with van der Waals surface area (Å²) in [6.07, 6.45) is 8.97. The Bertz CT molecular complexity index is 245. The third-order valence-electron chi connectivity index (χ3n) is 2.88. The zero-order valence-electron chi connectivity index (χ0n) is 9.97. The van der Waals surface area contributed by atoms with E-state index in [9.17, 15) is 0 Å². The van der Waals surface area contributed by atoms with Crippen LogP contribution in [0.2, 0.25) is 0 Å². The maximum atomic E-state index is 3.88.